The van der Waals surface area contributed by atoms with E-state index in [1.807, 2.05) is 6.92 Å². The van der Waals surface area contributed by atoms with Crippen molar-refractivity contribution in [1.29, 1.82) is 0 Å². The van der Waals surface area contributed by atoms with Crippen LogP contribution in [0.25, 0.3) is 10.8 Å². The fourth-order valence-corrected chi connectivity index (χ4v) is 4.43. The molecule has 0 fully saturated rings. The second-order valence-electron chi connectivity index (χ2n) is 9.28. The van der Waals surface area contributed by atoms with Crippen LogP contribution >= 0.6 is 0 Å². The average molecular weight is 553 g/mol. The highest BCUT2D eigenvalue weighted by molar-refractivity contribution is 5.84. The Balaban J connectivity index is 1.45. The Morgan fingerprint density at radius 1 is 0.641 bits per heavy atom. The lowest BCUT2D eigenvalue weighted by atomic mass is 9.96. The number of hydrogen-bond acceptors (Lipinski definition) is 1. The van der Waals surface area contributed by atoms with Crippen molar-refractivity contribution >= 4 is 10.8 Å². The van der Waals surface area contributed by atoms with Crippen LogP contribution in [0.2, 0.25) is 0 Å². The largest absolute Gasteiger partial charge is 0.478 e. The summed E-state index contributed by atoms with van der Waals surface area (Å²) in [7, 11) is 0. The van der Waals surface area contributed by atoms with Gasteiger partial charge in [0.1, 0.15) is 17.5 Å². The van der Waals surface area contributed by atoms with Crippen LogP contribution in [-0.2, 0) is 32.1 Å². The van der Waals surface area contributed by atoms with Crippen LogP contribution in [0.15, 0.2) is 54.6 Å². The first-order chi connectivity index (χ1) is 18.4. The van der Waals surface area contributed by atoms with Crippen molar-refractivity contribution in [3.8, 4) is 5.75 Å². The molecule has 0 bridgehead atoms. The van der Waals surface area contributed by atoms with E-state index in [0.29, 0.717) is 29.2 Å². The Labute approximate surface area is 220 Å². The van der Waals surface area contributed by atoms with E-state index in [1.54, 1.807) is 24.3 Å². The molecule has 0 radical (unpaired) electrons. The zero-order valence-corrected chi connectivity index (χ0v) is 20.9. The predicted octanol–water partition coefficient (Wildman–Crippen LogP) is 8.61. The summed E-state index contributed by atoms with van der Waals surface area (Å²) in [6.07, 6.45) is -3.63. The maximum absolute atomic E-state index is 15.2. The Hall–Kier alpha value is -3.62. The van der Waals surface area contributed by atoms with Gasteiger partial charge in [0.05, 0.1) is 0 Å². The molecule has 0 N–H and O–H groups in total. The van der Waals surface area contributed by atoms with E-state index in [2.05, 4.69) is 4.74 Å². The van der Waals surface area contributed by atoms with Crippen LogP contribution in [0.3, 0.4) is 0 Å². The first-order valence-electron chi connectivity index (χ1n) is 12.3. The summed E-state index contributed by atoms with van der Waals surface area (Å²) in [5.74, 6) is -5.37. The minimum Gasteiger partial charge on any atom is -0.478 e. The summed E-state index contributed by atoms with van der Waals surface area (Å²) in [5.41, 5.74) is 1.76. The molecule has 9 heteroatoms. The standard InChI is InChI=1S/C30H24F8O/c1-2-17-12-24(31)23(25(32)13-17)10-5-18-4-9-22-21(11-18)8-7-20(28(22)35)6-3-19-14-26(33)29(27(34)15-19)39-16-30(36,37)38/h4,7-9,11-15H,2-3,5-6,10,16H2,1H3. The number of halogens is 8. The van der Waals surface area contributed by atoms with Crippen LogP contribution in [0, 0.1) is 29.1 Å². The molecule has 0 saturated carbocycles. The predicted molar refractivity (Wildman–Crippen MR) is 132 cm³/mol. The third kappa shape index (κ3) is 6.88. The van der Waals surface area contributed by atoms with Crippen LogP contribution in [0.1, 0.15) is 34.7 Å². The Bertz CT molecular complexity index is 1450. The fraction of sp³-hybridized carbons (Fsp3) is 0.267. The van der Waals surface area contributed by atoms with Crippen LogP contribution in [0.4, 0.5) is 35.1 Å². The lowest BCUT2D eigenvalue weighted by molar-refractivity contribution is -0.154. The molecular weight excluding hydrogens is 528 g/mol. The third-order valence-corrected chi connectivity index (χ3v) is 6.49. The Morgan fingerprint density at radius 3 is 1.87 bits per heavy atom. The van der Waals surface area contributed by atoms with Gasteiger partial charge in [0.2, 0.25) is 0 Å². The van der Waals surface area contributed by atoms with Gasteiger partial charge >= 0.3 is 6.18 Å². The molecule has 0 spiro atoms. The van der Waals surface area contributed by atoms with Crippen molar-refractivity contribution in [2.45, 2.75) is 45.2 Å². The number of benzene rings is 4. The molecule has 0 heterocycles. The van der Waals surface area contributed by atoms with Gasteiger partial charge < -0.3 is 4.74 Å². The lowest BCUT2D eigenvalue weighted by Crippen LogP contribution is -2.20. The highest BCUT2D eigenvalue weighted by Gasteiger charge is 2.30. The van der Waals surface area contributed by atoms with Gasteiger partial charge in [-0.1, -0.05) is 37.3 Å². The molecule has 0 aliphatic carbocycles. The highest BCUT2D eigenvalue weighted by Crippen LogP contribution is 2.28. The number of fused-ring (bicyclic) bond motifs is 1. The van der Waals surface area contributed by atoms with E-state index >= 15 is 4.39 Å². The molecule has 1 nitrogen and oxygen atoms in total. The molecule has 0 amide bonds. The van der Waals surface area contributed by atoms with Crippen LogP contribution < -0.4 is 4.74 Å². The first-order valence-corrected chi connectivity index (χ1v) is 12.3. The quantitative estimate of drug-likeness (QED) is 0.189. The topological polar surface area (TPSA) is 9.23 Å². The molecule has 4 aromatic carbocycles. The molecule has 0 aliphatic rings. The second-order valence-corrected chi connectivity index (χ2v) is 9.28. The normalized spacial score (nSPS) is 11.8. The smallest absolute Gasteiger partial charge is 0.422 e. The van der Waals surface area contributed by atoms with Crippen molar-refractivity contribution in [2.24, 2.45) is 0 Å². The van der Waals surface area contributed by atoms with Crippen molar-refractivity contribution in [1.82, 2.24) is 0 Å². The van der Waals surface area contributed by atoms with Gasteiger partial charge in [0, 0.05) is 10.9 Å². The number of rotatable bonds is 9. The SMILES string of the molecule is CCc1cc(F)c(CCc2ccc3c(F)c(CCc4cc(F)c(OCC(F)(F)F)c(F)c4)ccc3c2)c(F)c1. The molecule has 0 saturated heterocycles. The summed E-state index contributed by atoms with van der Waals surface area (Å²) in [6, 6.07) is 12.6. The van der Waals surface area contributed by atoms with E-state index in [1.165, 1.54) is 18.2 Å². The number of ether oxygens (including phenoxy) is 1. The molecule has 0 atom stereocenters. The van der Waals surface area contributed by atoms with Gasteiger partial charge in [0.15, 0.2) is 24.0 Å². The van der Waals surface area contributed by atoms with Crippen molar-refractivity contribution < 1.29 is 39.9 Å². The van der Waals surface area contributed by atoms with E-state index in [-0.39, 0.29) is 36.0 Å². The molecule has 4 rings (SSSR count). The number of hydrogen-bond donors (Lipinski definition) is 0. The third-order valence-electron chi connectivity index (χ3n) is 6.49. The molecule has 0 aromatic heterocycles. The Kier molecular flexibility index (Phi) is 8.47. The number of aryl methyl sites for hydroxylation is 4. The maximum atomic E-state index is 15.2. The highest BCUT2D eigenvalue weighted by atomic mass is 19.4. The average Bonchev–Trinajstić information content (AvgIpc) is 2.86. The fourth-order valence-electron chi connectivity index (χ4n) is 4.43. The van der Waals surface area contributed by atoms with Crippen molar-refractivity contribution in [3.05, 3.63) is 112 Å². The monoisotopic (exact) mass is 552 g/mol. The molecule has 206 valence electrons. The molecular formula is C30H24F8O. The van der Waals surface area contributed by atoms with Gasteiger partial charge in [-0.3, -0.25) is 0 Å². The minimum absolute atomic E-state index is 0.00152. The van der Waals surface area contributed by atoms with E-state index in [9.17, 15) is 30.7 Å². The van der Waals surface area contributed by atoms with E-state index in [0.717, 1.165) is 17.7 Å². The van der Waals surface area contributed by atoms with Gasteiger partial charge in [-0.15, -0.1) is 0 Å². The number of alkyl halides is 3. The van der Waals surface area contributed by atoms with Crippen LogP contribution in [0.5, 0.6) is 5.75 Å². The van der Waals surface area contributed by atoms with Crippen LogP contribution in [-0.4, -0.2) is 12.8 Å². The summed E-state index contributed by atoms with van der Waals surface area (Å²) in [4.78, 5) is 0. The molecule has 0 aliphatic heterocycles. The molecule has 0 unspecified atom stereocenters. The summed E-state index contributed by atoms with van der Waals surface area (Å²) >= 11 is 0. The van der Waals surface area contributed by atoms with Gasteiger partial charge in [-0.25, -0.2) is 22.0 Å². The van der Waals surface area contributed by atoms with E-state index in [4.69, 9.17) is 0 Å². The Morgan fingerprint density at radius 2 is 1.26 bits per heavy atom. The second kappa shape index (κ2) is 11.6. The van der Waals surface area contributed by atoms with Crippen molar-refractivity contribution in [3.63, 3.8) is 0 Å². The molecule has 39 heavy (non-hydrogen) atoms. The first kappa shape index (κ1) is 28.4. The minimum atomic E-state index is -4.75. The zero-order chi connectivity index (χ0) is 28.3. The zero-order valence-electron chi connectivity index (χ0n) is 20.9. The summed E-state index contributed by atoms with van der Waals surface area (Å²) < 4.78 is 113. The van der Waals surface area contributed by atoms with Gasteiger partial charge in [0.25, 0.3) is 0 Å². The van der Waals surface area contributed by atoms with Gasteiger partial charge in [-0.2, -0.15) is 13.2 Å². The summed E-state index contributed by atoms with van der Waals surface area (Å²) in [5, 5.41) is 0.897. The molecule has 4 aromatic rings. The lowest BCUT2D eigenvalue weighted by Gasteiger charge is -2.12. The maximum Gasteiger partial charge on any atom is 0.422 e. The van der Waals surface area contributed by atoms with E-state index < -0.39 is 47.6 Å². The summed E-state index contributed by atoms with van der Waals surface area (Å²) in [6.45, 7) is -0.0186. The van der Waals surface area contributed by atoms with Gasteiger partial charge in [-0.05, 0) is 84.0 Å². The van der Waals surface area contributed by atoms with Crippen molar-refractivity contribution in [2.75, 3.05) is 6.61 Å².